The molecular formula is C19H24N6O2S. The molecule has 9 heteroatoms. The SMILES string of the molecule is Cc1nc(N(C)c2cc(OC[C@H]3C[C@@H]3c3ccn(C)n3)nn(C)c2=O)sc1C. The van der Waals surface area contributed by atoms with Crippen LogP contribution in [-0.2, 0) is 14.1 Å². The third-order valence-electron chi connectivity index (χ3n) is 5.17. The largest absolute Gasteiger partial charge is 0.476 e. The van der Waals surface area contributed by atoms with Gasteiger partial charge >= 0.3 is 0 Å². The summed E-state index contributed by atoms with van der Waals surface area (Å²) in [5, 5.41) is 9.50. The van der Waals surface area contributed by atoms with E-state index in [1.165, 1.54) is 4.68 Å². The maximum atomic E-state index is 12.6. The zero-order chi connectivity index (χ0) is 20.0. The molecule has 2 atom stereocenters. The minimum Gasteiger partial charge on any atom is -0.476 e. The Morgan fingerprint density at radius 1 is 1.32 bits per heavy atom. The van der Waals surface area contributed by atoms with Gasteiger partial charge in [-0.15, -0.1) is 16.4 Å². The van der Waals surface area contributed by atoms with E-state index in [4.69, 9.17) is 4.74 Å². The third-order valence-corrected chi connectivity index (χ3v) is 6.32. The van der Waals surface area contributed by atoms with Gasteiger partial charge < -0.3 is 9.64 Å². The lowest BCUT2D eigenvalue weighted by Gasteiger charge is -2.17. The Balaban J connectivity index is 1.49. The predicted molar refractivity (Wildman–Crippen MR) is 109 cm³/mol. The van der Waals surface area contributed by atoms with Crippen molar-refractivity contribution in [3.8, 4) is 5.88 Å². The molecule has 3 aromatic heterocycles. The lowest BCUT2D eigenvalue weighted by Crippen LogP contribution is -2.27. The molecule has 8 nitrogen and oxygen atoms in total. The van der Waals surface area contributed by atoms with E-state index < -0.39 is 0 Å². The van der Waals surface area contributed by atoms with E-state index in [0.29, 0.717) is 30.0 Å². The third kappa shape index (κ3) is 3.54. The van der Waals surface area contributed by atoms with Gasteiger partial charge in [-0.2, -0.15) is 5.10 Å². The molecule has 0 saturated heterocycles. The van der Waals surface area contributed by atoms with Gasteiger partial charge in [0.2, 0.25) is 5.88 Å². The summed E-state index contributed by atoms with van der Waals surface area (Å²) in [7, 11) is 5.41. The van der Waals surface area contributed by atoms with Crippen molar-refractivity contribution in [3.05, 3.63) is 44.9 Å². The molecule has 1 aliphatic rings. The quantitative estimate of drug-likeness (QED) is 0.633. The van der Waals surface area contributed by atoms with Crippen molar-refractivity contribution in [2.75, 3.05) is 18.6 Å². The highest BCUT2D eigenvalue weighted by atomic mass is 32.1. The number of nitrogens with zero attached hydrogens (tertiary/aromatic N) is 6. The zero-order valence-corrected chi connectivity index (χ0v) is 17.5. The van der Waals surface area contributed by atoms with Crippen molar-refractivity contribution >= 4 is 22.2 Å². The molecule has 0 unspecified atom stereocenters. The summed E-state index contributed by atoms with van der Waals surface area (Å²) >= 11 is 1.56. The van der Waals surface area contributed by atoms with Crippen LogP contribution in [0.2, 0.25) is 0 Å². The number of anilines is 2. The second-order valence-corrected chi connectivity index (χ2v) is 8.50. The van der Waals surface area contributed by atoms with E-state index in [2.05, 4.69) is 21.2 Å². The van der Waals surface area contributed by atoms with E-state index in [0.717, 1.165) is 27.8 Å². The van der Waals surface area contributed by atoms with Gasteiger partial charge in [-0.05, 0) is 26.3 Å². The average molecular weight is 401 g/mol. The Morgan fingerprint density at radius 3 is 2.75 bits per heavy atom. The van der Waals surface area contributed by atoms with Gasteiger partial charge in [0.25, 0.3) is 5.56 Å². The highest BCUT2D eigenvalue weighted by Gasteiger charge is 2.40. The Labute approximate surface area is 167 Å². The molecule has 0 N–H and O–H groups in total. The van der Waals surface area contributed by atoms with Crippen molar-refractivity contribution in [2.24, 2.45) is 20.0 Å². The molecule has 0 bridgehead atoms. The van der Waals surface area contributed by atoms with E-state index in [-0.39, 0.29) is 5.56 Å². The predicted octanol–water partition coefficient (Wildman–Crippen LogP) is 2.54. The molecule has 4 rings (SSSR count). The molecule has 1 saturated carbocycles. The molecule has 1 fully saturated rings. The van der Waals surface area contributed by atoms with Crippen LogP contribution in [0.1, 0.15) is 28.6 Å². The van der Waals surface area contributed by atoms with E-state index >= 15 is 0 Å². The molecule has 3 heterocycles. The zero-order valence-electron chi connectivity index (χ0n) is 16.7. The summed E-state index contributed by atoms with van der Waals surface area (Å²) in [5.74, 6) is 1.32. The number of thiazole rings is 1. The van der Waals surface area contributed by atoms with Crippen LogP contribution in [0.25, 0.3) is 0 Å². The van der Waals surface area contributed by atoms with Crippen LogP contribution in [0, 0.1) is 19.8 Å². The Morgan fingerprint density at radius 2 is 2.11 bits per heavy atom. The van der Waals surface area contributed by atoms with Crippen LogP contribution in [-0.4, -0.2) is 38.2 Å². The number of hydrogen-bond donors (Lipinski definition) is 0. The van der Waals surface area contributed by atoms with Crippen LogP contribution >= 0.6 is 11.3 Å². The summed E-state index contributed by atoms with van der Waals surface area (Å²) < 4.78 is 9.07. The summed E-state index contributed by atoms with van der Waals surface area (Å²) in [6.07, 6.45) is 3.03. The molecular weight excluding hydrogens is 376 g/mol. The Hall–Kier alpha value is -2.68. The van der Waals surface area contributed by atoms with Crippen LogP contribution in [0.3, 0.4) is 0 Å². The monoisotopic (exact) mass is 400 g/mol. The summed E-state index contributed by atoms with van der Waals surface area (Å²) in [6.45, 7) is 4.55. The van der Waals surface area contributed by atoms with Crippen molar-refractivity contribution in [1.82, 2.24) is 24.5 Å². The fourth-order valence-electron chi connectivity index (χ4n) is 3.20. The molecule has 0 amide bonds. The van der Waals surface area contributed by atoms with Crippen molar-refractivity contribution in [3.63, 3.8) is 0 Å². The van der Waals surface area contributed by atoms with Crippen LogP contribution < -0.4 is 15.2 Å². The lowest BCUT2D eigenvalue weighted by molar-refractivity contribution is 0.278. The first kappa shape index (κ1) is 18.7. The smallest absolute Gasteiger partial charge is 0.290 e. The van der Waals surface area contributed by atoms with Crippen LogP contribution in [0.4, 0.5) is 10.8 Å². The first-order valence-electron chi connectivity index (χ1n) is 9.22. The number of rotatable bonds is 6. The highest BCUT2D eigenvalue weighted by Crippen LogP contribution is 2.46. The maximum absolute atomic E-state index is 12.6. The van der Waals surface area contributed by atoms with Gasteiger partial charge in [0.05, 0.1) is 18.0 Å². The van der Waals surface area contributed by atoms with Gasteiger partial charge in [-0.25, -0.2) is 9.67 Å². The van der Waals surface area contributed by atoms with Crippen LogP contribution in [0.5, 0.6) is 5.88 Å². The summed E-state index contributed by atoms with van der Waals surface area (Å²) in [4.78, 5) is 20.1. The number of hydrogen-bond acceptors (Lipinski definition) is 7. The van der Waals surface area contributed by atoms with Crippen molar-refractivity contribution in [2.45, 2.75) is 26.2 Å². The summed E-state index contributed by atoms with van der Waals surface area (Å²) in [6, 6.07) is 3.76. The maximum Gasteiger partial charge on any atom is 0.290 e. The molecule has 0 aliphatic heterocycles. The van der Waals surface area contributed by atoms with Gasteiger partial charge in [-0.3, -0.25) is 9.48 Å². The van der Waals surface area contributed by atoms with Gasteiger partial charge in [0.15, 0.2) is 5.13 Å². The molecule has 0 aromatic carbocycles. The first-order chi connectivity index (χ1) is 13.3. The lowest BCUT2D eigenvalue weighted by atomic mass is 10.2. The Kier molecular flexibility index (Phi) is 4.70. The fraction of sp³-hybridized carbons (Fsp3) is 0.474. The van der Waals surface area contributed by atoms with Gasteiger partial charge in [0, 0.05) is 50.1 Å². The molecule has 148 valence electrons. The minimum atomic E-state index is -0.182. The Bertz CT molecular complexity index is 1050. The van der Waals surface area contributed by atoms with Crippen LogP contribution in [0.15, 0.2) is 23.1 Å². The van der Waals surface area contributed by atoms with E-state index in [1.54, 1.807) is 29.4 Å². The summed E-state index contributed by atoms with van der Waals surface area (Å²) in [5.41, 5.74) is 2.40. The first-order valence-corrected chi connectivity index (χ1v) is 10.0. The second-order valence-electron chi connectivity index (χ2n) is 7.32. The molecule has 0 spiro atoms. The molecule has 28 heavy (non-hydrogen) atoms. The topological polar surface area (TPSA) is 78.1 Å². The standard InChI is InChI=1S/C19H24N6O2S/c1-11-12(2)28-19(20-11)24(4)16-9-17(22-25(5)18(16)26)27-10-13-8-14(13)15-6-7-23(3)21-15/h6-7,9,13-14H,8,10H2,1-5H3/t13-,14+/m1/s1. The van der Waals surface area contributed by atoms with E-state index in [1.807, 2.05) is 38.8 Å². The van der Waals surface area contributed by atoms with E-state index in [9.17, 15) is 4.79 Å². The van der Waals surface area contributed by atoms with Gasteiger partial charge in [0.1, 0.15) is 5.69 Å². The number of ether oxygens (including phenoxy) is 1. The van der Waals surface area contributed by atoms with Crippen molar-refractivity contribution < 1.29 is 4.74 Å². The van der Waals surface area contributed by atoms with Gasteiger partial charge in [-0.1, -0.05) is 0 Å². The second kappa shape index (κ2) is 7.05. The average Bonchev–Trinajstić information content (AvgIpc) is 3.18. The molecule has 3 aromatic rings. The normalized spacial score (nSPS) is 18.3. The number of aromatic nitrogens is 5. The molecule has 1 aliphatic carbocycles. The molecule has 0 radical (unpaired) electrons. The van der Waals surface area contributed by atoms with Crippen molar-refractivity contribution in [1.29, 1.82) is 0 Å². The number of aryl methyl sites for hydroxylation is 4. The highest BCUT2D eigenvalue weighted by molar-refractivity contribution is 7.15. The minimum absolute atomic E-state index is 0.182. The fourth-order valence-corrected chi connectivity index (χ4v) is 4.08.